The molecule has 1 aromatic carbocycles. The van der Waals surface area contributed by atoms with Gasteiger partial charge in [0.2, 0.25) is 5.88 Å². The number of aromatic amines is 1. The molecule has 10 heteroatoms. The van der Waals surface area contributed by atoms with Gasteiger partial charge in [-0.15, -0.1) is 0 Å². The Hall–Kier alpha value is -3.43. The maximum absolute atomic E-state index is 11.8. The number of nitro benzene ring substituents is 1. The minimum Gasteiger partial charge on any atom is -0.481 e. The predicted octanol–water partition coefficient (Wildman–Crippen LogP) is 1.75. The van der Waals surface area contributed by atoms with Gasteiger partial charge in [-0.1, -0.05) is 6.92 Å². The zero-order valence-corrected chi connectivity index (χ0v) is 14.6. The van der Waals surface area contributed by atoms with E-state index in [2.05, 4.69) is 20.4 Å². The number of fused-ring (bicyclic) bond motifs is 1. The van der Waals surface area contributed by atoms with Crippen molar-refractivity contribution in [3.8, 4) is 5.88 Å². The number of rotatable bonds is 6. The number of hydrogen-bond donors (Lipinski definition) is 2. The summed E-state index contributed by atoms with van der Waals surface area (Å²) in [5, 5.41) is 19.0. The van der Waals surface area contributed by atoms with Gasteiger partial charge in [-0.2, -0.15) is 5.10 Å². The molecule has 0 aliphatic heterocycles. The summed E-state index contributed by atoms with van der Waals surface area (Å²) in [5.74, 6) is 0.590. The first-order valence-corrected chi connectivity index (χ1v) is 7.94. The van der Waals surface area contributed by atoms with Gasteiger partial charge in [-0.25, -0.2) is 9.67 Å². The third kappa shape index (κ3) is 2.96. The van der Waals surface area contributed by atoms with Gasteiger partial charge in [0.1, 0.15) is 5.69 Å². The number of nitro groups is 1. The summed E-state index contributed by atoms with van der Waals surface area (Å²) in [6.07, 6.45) is 1.96. The van der Waals surface area contributed by atoms with E-state index < -0.39 is 10.5 Å². The van der Waals surface area contributed by atoms with E-state index in [1.807, 2.05) is 6.92 Å². The average Bonchev–Trinajstić information content (AvgIpc) is 2.94. The van der Waals surface area contributed by atoms with Crippen LogP contribution in [0.2, 0.25) is 0 Å². The predicted molar refractivity (Wildman–Crippen MR) is 95.5 cm³/mol. The molecule has 0 unspecified atom stereocenters. The Bertz CT molecular complexity index is 1040. The maximum Gasteiger partial charge on any atom is 0.293 e. The number of methoxy groups -OCH3 is 1. The summed E-state index contributed by atoms with van der Waals surface area (Å²) < 4.78 is 7.01. The molecule has 10 nitrogen and oxygen atoms in total. The smallest absolute Gasteiger partial charge is 0.293 e. The summed E-state index contributed by atoms with van der Waals surface area (Å²) in [6, 6.07) is 2.72. The van der Waals surface area contributed by atoms with Gasteiger partial charge in [-0.3, -0.25) is 14.9 Å². The zero-order valence-electron chi connectivity index (χ0n) is 14.6. The quantitative estimate of drug-likeness (QED) is 0.507. The standard InChI is InChI=1S/C16H18N6O4/c1-4-11-10(16(26-3)21(2)20-11)7-17-13-6-12-9(5-14(13)22(24)25)15(23)19-8-18-12/h5-6,8,17H,4,7H2,1-3H3,(H,18,19,23). The van der Waals surface area contributed by atoms with Crippen molar-refractivity contribution in [1.82, 2.24) is 19.7 Å². The summed E-state index contributed by atoms with van der Waals surface area (Å²) in [4.78, 5) is 29.2. The van der Waals surface area contributed by atoms with E-state index in [-0.39, 0.29) is 23.3 Å². The zero-order chi connectivity index (χ0) is 18.8. The van der Waals surface area contributed by atoms with E-state index in [0.717, 1.165) is 11.3 Å². The molecule has 0 saturated carbocycles. The van der Waals surface area contributed by atoms with Crippen molar-refractivity contribution in [2.45, 2.75) is 19.9 Å². The van der Waals surface area contributed by atoms with Crippen LogP contribution < -0.4 is 15.6 Å². The molecule has 2 aromatic heterocycles. The Morgan fingerprint density at radius 3 is 2.85 bits per heavy atom. The Labute approximate surface area is 148 Å². The van der Waals surface area contributed by atoms with Gasteiger partial charge < -0.3 is 15.0 Å². The third-order valence-corrected chi connectivity index (χ3v) is 4.11. The molecule has 0 radical (unpaired) electrons. The van der Waals surface area contributed by atoms with Crippen LogP contribution in [0.5, 0.6) is 5.88 Å². The lowest BCUT2D eigenvalue weighted by Gasteiger charge is -2.10. The minimum absolute atomic E-state index is 0.165. The van der Waals surface area contributed by atoms with Crippen LogP contribution in [0.1, 0.15) is 18.2 Å². The summed E-state index contributed by atoms with van der Waals surface area (Å²) in [6.45, 7) is 2.26. The first kappa shape index (κ1) is 17.4. The summed E-state index contributed by atoms with van der Waals surface area (Å²) >= 11 is 0. The van der Waals surface area contributed by atoms with Gasteiger partial charge in [0, 0.05) is 19.7 Å². The monoisotopic (exact) mass is 358 g/mol. The lowest BCUT2D eigenvalue weighted by Crippen LogP contribution is -2.09. The average molecular weight is 358 g/mol. The number of benzene rings is 1. The Morgan fingerprint density at radius 1 is 1.42 bits per heavy atom. The van der Waals surface area contributed by atoms with E-state index in [9.17, 15) is 14.9 Å². The van der Waals surface area contributed by atoms with Crippen LogP contribution >= 0.6 is 0 Å². The second kappa shape index (κ2) is 6.82. The molecule has 2 N–H and O–H groups in total. The van der Waals surface area contributed by atoms with E-state index in [1.165, 1.54) is 18.5 Å². The molecule has 0 atom stereocenters. The molecule has 3 aromatic rings. The molecule has 2 heterocycles. The number of hydrogen-bond acceptors (Lipinski definition) is 7. The molecule has 0 aliphatic rings. The number of H-pyrrole nitrogens is 1. The number of anilines is 1. The molecule has 0 amide bonds. The van der Waals surface area contributed by atoms with Crippen LogP contribution in [-0.4, -0.2) is 31.8 Å². The molecule has 0 bridgehead atoms. The van der Waals surface area contributed by atoms with Crippen LogP contribution in [0, 0.1) is 10.1 Å². The van der Waals surface area contributed by atoms with E-state index in [4.69, 9.17) is 4.74 Å². The fourth-order valence-electron chi connectivity index (χ4n) is 2.90. The second-order valence-corrected chi connectivity index (χ2v) is 5.64. The highest BCUT2D eigenvalue weighted by Crippen LogP contribution is 2.30. The second-order valence-electron chi connectivity index (χ2n) is 5.64. The maximum atomic E-state index is 11.8. The first-order chi connectivity index (χ1) is 12.5. The van der Waals surface area contributed by atoms with E-state index >= 15 is 0 Å². The summed E-state index contributed by atoms with van der Waals surface area (Å²) in [5.41, 5.74) is 1.69. The van der Waals surface area contributed by atoms with Crippen LogP contribution in [0.3, 0.4) is 0 Å². The molecular weight excluding hydrogens is 340 g/mol. The van der Waals surface area contributed by atoms with Crippen molar-refractivity contribution in [1.29, 1.82) is 0 Å². The lowest BCUT2D eigenvalue weighted by atomic mass is 10.1. The van der Waals surface area contributed by atoms with Crippen molar-refractivity contribution in [3.63, 3.8) is 0 Å². The number of aryl methyl sites for hydroxylation is 2. The van der Waals surface area contributed by atoms with Crippen molar-refractivity contribution >= 4 is 22.3 Å². The van der Waals surface area contributed by atoms with Crippen LogP contribution in [0.15, 0.2) is 23.3 Å². The highest BCUT2D eigenvalue weighted by molar-refractivity contribution is 5.86. The van der Waals surface area contributed by atoms with Gasteiger partial charge in [-0.05, 0) is 12.5 Å². The Morgan fingerprint density at radius 2 is 2.19 bits per heavy atom. The van der Waals surface area contributed by atoms with Gasteiger partial charge in [0.15, 0.2) is 0 Å². The van der Waals surface area contributed by atoms with Crippen molar-refractivity contribution in [2.75, 3.05) is 12.4 Å². The largest absolute Gasteiger partial charge is 0.481 e. The van der Waals surface area contributed by atoms with Crippen LogP contribution in [-0.2, 0) is 20.0 Å². The van der Waals surface area contributed by atoms with Crippen molar-refractivity contribution < 1.29 is 9.66 Å². The normalized spacial score (nSPS) is 10.9. The van der Waals surface area contributed by atoms with Gasteiger partial charge in [0.25, 0.3) is 11.2 Å². The fourth-order valence-corrected chi connectivity index (χ4v) is 2.90. The fraction of sp³-hybridized carbons (Fsp3) is 0.312. The van der Waals surface area contributed by atoms with Gasteiger partial charge in [0.05, 0.1) is 40.5 Å². The summed E-state index contributed by atoms with van der Waals surface area (Å²) in [7, 11) is 3.32. The first-order valence-electron chi connectivity index (χ1n) is 7.94. The Kier molecular flexibility index (Phi) is 4.57. The molecule has 0 fully saturated rings. The van der Waals surface area contributed by atoms with Crippen LogP contribution in [0.25, 0.3) is 10.9 Å². The minimum atomic E-state index is -0.532. The van der Waals surface area contributed by atoms with Crippen molar-refractivity contribution in [2.24, 2.45) is 7.05 Å². The van der Waals surface area contributed by atoms with E-state index in [0.29, 0.717) is 17.8 Å². The molecular formula is C16H18N6O4. The molecule has 3 rings (SSSR count). The number of aromatic nitrogens is 4. The number of nitrogens with zero attached hydrogens (tertiary/aromatic N) is 4. The van der Waals surface area contributed by atoms with Crippen LogP contribution in [0.4, 0.5) is 11.4 Å². The van der Waals surface area contributed by atoms with Crippen molar-refractivity contribution in [3.05, 3.63) is 50.2 Å². The molecule has 0 spiro atoms. The van der Waals surface area contributed by atoms with Gasteiger partial charge >= 0.3 is 0 Å². The topological polar surface area (TPSA) is 128 Å². The third-order valence-electron chi connectivity index (χ3n) is 4.11. The molecule has 0 saturated heterocycles. The molecule has 0 aliphatic carbocycles. The number of nitrogens with one attached hydrogen (secondary N) is 2. The highest BCUT2D eigenvalue weighted by atomic mass is 16.6. The Balaban J connectivity index is 2.03. The molecule has 136 valence electrons. The number of ether oxygens (including phenoxy) is 1. The lowest BCUT2D eigenvalue weighted by molar-refractivity contribution is -0.383. The molecule has 26 heavy (non-hydrogen) atoms. The SMILES string of the molecule is CCc1nn(C)c(OC)c1CNc1cc2nc[nH]c(=O)c2cc1[N+](=O)[O-]. The van der Waals surface area contributed by atoms with E-state index in [1.54, 1.807) is 18.8 Å². The highest BCUT2D eigenvalue weighted by Gasteiger charge is 2.20.